The Morgan fingerprint density at radius 2 is 0.857 bits per heavy atom. The fraction of sp³-hybridized carbons (Fsp3) is 1.00. The zero-order valence-electron chi connectivity index (χ0n) is 25.0. The fourth-order valence-electron chi connectivity index (χ4n) is 6.43. The lowest BCUT2D eigenvalue weighted by molar-refractivity contribution is 0.214. The second-order valence-electron chi connectivity index (χ2n) is 12.1. The van der Waals surface area contributed by atoms with Crippen LogP contribution in [-0.2, 0) is 17.7 Å². The SMILES string of the molecule is CO[Si](CC(C)C)(OC)C1CCCCCCC1.CO[Si](CCC(C)C)(OC)C1CCCCCCC1. The molecule has 2 rings (SSSR count). The Bertz CT molecular complexity index is 491. The van der Waals surface area contributed by atoms with Gasteiger partial charge in [-0.05, 0) is 56.0 Å². The summed E-state index contributed by atoms with van der Waals surface area (Å²) in [6.07, 6.45) is 20.4. The Balaban J connectivity index is 0.000000351. The third-order valence-corrected chi connectivity index (χ3v) is 17.4. The van der Waals surface area contributed by atoms with Crippen molar-refractivity contribution < 1.29 is 17.7 Å². The van der Waals surface area contributed by atoms with Gasteiger partial charge in [-0.2, -0.15) is 0 Å². The Labute approximate surface area is 222 Å². The monoisotopic (exact) mass is 530 g/mol. The molecule has 0 unspecified atom stereocenters. The van der Waals surface area contributed by atoms with Gasteiger partial charge in [-0.3, -0.25) is 0 Å². The molecule has 0 heterocycles. The molecule has 0 aromatic heterocycles. The van der Waals surface area contributed by atoms with Crippen molar-refractivity contribution >= 4 is 17.1 Å². The molecule has 2 aliphatic carbocycles. The first-order chi connectivity index (χ1) is 16.8. The predicted molar refractivity (Wildman–Crippen MR) is 156 cm³/mol. The number of hydrogen-bond donors (Lipinski definition) is 0. The van der Waals surface area contributed by atoms with Gasteiger partial charge < -0.3 is 17.7 Å². The van der Waals surface area contributed by atoms with Crippen molar-refractivity contribution in [3.63, 3.8) is 0 Å². The van der Waals surface area contributed by atoms with Crippen molar-refractivity contribution in [2.75, 3.05) is 28.4 Å². The van der Waals surface area contributed by atoms with E-state index in [-0.39, 0.29) is 0 Å². The molecule has 0 aliphatic heterocycles. The minimum atomic E-state index is -1.96. The third kappa shape index (κ3) is 11.7. The average molecular weight is 531 g/mol. The summed E-state index contributed by atoms with van der Waals surface area (Å²) < 4.78 is 23.9. The molecule has 0 atom stereocenters. The molecule has 0 bridgehead atoms. The van der Waals surface area contributed by atoms with Gasteiger partial charge in [-0.25, -0.2) is 0 Å². The van der Waals surface area contributed by atoms with E-state index < -0.39 is 17.1 Å². The maximum atomic E-state index is 5.99. The van der Waals surface area contributed by atoms with Crippen molar-refractivity contribution in [1.29, 1.82) is 0 Å². The van der Waals surface area contributed by atoms with E-state index in [4.69, 9.17) is 17.7 Å². The number of rotatable bonds is 11. The summed E-state index contributed by atoms with van der Waals surface area (Å²) in [5, 5.41) is 0. The summed E-state index contributed by atoms with van der Waals surface area (Å²) in [6, 6.07) is 2.31. The maximum Gasteiger partial charge on any atom is 0.341 e. The summed E-state index contributed by atoms with van der Waals surface area (Å²) >= 11 is 0. The Morgan fingerprint density at radius 1 is 0.514 bits per heavy atom. The predicted octanol–water partition coefficient (Wildman–Crippen LogP) is 9.37. The van der Waals surface area contributed by atoms with Crippen molar-refractivity contribution in [2.45, 2.75) is 147 Å². The second-order valence-corrected chi connectivity index (χ2v) is 19.5. The number of hydrogen-bond acceptors (Lipinski definition) is 4. The minimum Gasteiger partial charge on any atom is -0.397 e. The topological polar surface area (TPSA) is 36.9 Å². The highest BCUT2D eigenvalue weighted by Crippen LogP contribution is 2.40. The molecule has 0 aromatic carbocycles. The van der Waals surface area contributed by atoms with E-state index in [0.29, 0.717) is 17.0 Å². The van der Waals surface area contributed by atoms with Crippen LogP contribution in [0.25, 0.3) is 0 Å². The van der Waals surface area contributed by atoms with Crippen molar-refractivity contribution in [2.24, 2.45) is 11.8 Å². The van der Waals surface area contributed by atoms with Gasteiger partial charge >= 0.3 is 17.1 Å². The summed E-state index contributed by atoms with van der Waals surface area (Å²) in [6.45, 7) is 9.15. The van der Waals surface area contributed by atoms with E-state index in [9.17, 15) is 0 Å². The smallest absolute Gasteiger partial charge is 0.341 e. The molecular formula is C29H62O4Si2. The van der Waals surface area contributed by atoms with Crippen LogP contribution in [0.2, 0.25) is 23.2 Å². The lowest BCUT2D eigenvalue weighted by Gasteiger charge is -2.37. The standard InChI is InChI=1S/C15H32O2Si.C14H30O2Si/c1-14(2)12-13-18(16-3,17-4)15-10-8-6-5-7-9-11-15;1-13(2)12-17(15-3,16-4)14-10-8-6-5-7-9-11-14/h14-15H,5-13H2,1-4H3;13-14H,5-12H2,1-4H3. The summed E-state index contributed by atoms with van der Waals surface area (Å²) in [5.74, 6) is 1.42. The zero-order valence-corrected chi connectivity index (χ0v) is 27.0. The first kappa shape index (κ1) is 33.3. The van der Waals surface area contributed by atoms with E-state index in [0.717, 1.165) is 12.0 Å². The van der Waals surface area contributed by atoms with Crippen LogP contribution in [0.1, 0.15) is 124 Å². The molecule has 2 fully saturated rings. The van der Waals surface area contributed by atoms with Gasteiger partial charge in [0.2, 0.25) is 0 Å². The molecule has 6 heteroatoms. The van der Waals surface area contributed by atoms with Crippen LogP contribution in [0.3, 0.4) is 0 Å². The molecule has 0 radical (unpaired) electrons. The lowest BCUT2D eigenvalue weighted by Crippen LogP contribution is -2.46. The summed E-state index contributed by atoms with van der Waals surface area (Å²) in [5.41, 5.74) is 1.42. The van der Waals surface area contributed by atoms with Crippen LogP contribution >= 0.6 is 0 Å². The zero-order chi connectivity index (χ0) is 26.2. The lowest BCUT2D eigenvalue weighted by atomic mass is 10.0. The van der Waals surface area contributed by atoms with Crippen molar-refractivity contribution in [1.82, 2.24) is 0 Å². The van der Waals surface area contributed by atoms with Gasteiger partial charge in [-0.1, -0.05) is 91.9 Å². The van der Waals surface area contributed by atoms with Crippen LogP contribution in [0, 0.1) is 11.8 Å². The molecule has 2 aliphatic rings. The highest BCUT2D eigenvalue weighted by molar-refractivity contribution is 6.69. The highest BCUT2D eigenvalue weighted by atomic mass is 28.4. The fourth-order valence-corrected chi connectivity index (χ4v) is 14.3. The average Bonchev–Trinajstić information content (AvgIpc) is 2.79. The van der Waals surface area contributed by atoms with Gasteiger partial charge in [-0.15, -0.1) is 0 Å². The first-order valence-corrected chi connectivity index (χ1v) is 19.2. The van der Waals surface area contributed by atoms with Crippen molar-refractivity contribution in [3.05, 3.63) is 0 Å². The highest BCUT2D eigenvalue weighted by Gasteiger charge is 2.45. The molecule has 0 spiro atoms. The van der Waals surface area contributed by atoms with Gasteiger partial charge in [0, 0.05) is 39.5 Å². The maximum absolute atomic E-state index is 5.99. The minimum absolute atomic E-state index is 0.673. The van der Waals surface area contributed by atoms with Crippen LogP contribution < -0.4 is 0 Å². The molecule has 35 heavy (non-hydrogen) atoms. The van der Waals surface area contributed by atoms with E-state index >= 15 is 0 Å². The van der Waals surface area contributed by atoms with E-state index in [1.54, 1.807) is 0 Å². The molecule has 210 valence electrons. The van der Waals surface area contributed by atoms with Gasteiger partial charge in [0.25, 0.3) is 0 Å². The van der Waals surface area contributed by atoms with Crippen LogP contribution in [0.4, 0.5) is 0 Å². The Kier molecular flexibility index (Phi) is 17.6. The summed E-state index contributed by atoms with van der Waals surface area (Å²) in [7, 11) is 3.59. The Hall–Kier alpha value is 0.274. The summed E-state index contributed by atoms with van der Waals surface area (Å²) in [4.78, 5) is 0. The molecule has 0 saturated heterocycles. The van der Waals surface area contributed by atoms with Crippen LogP contribution in [-0.4, -0.2) is 45.6 Å². The van der Waals surface area contributed by atoms with Crippen LogP contribution in [0.15, 0.2) is 0 Å². The largest absolute Gasteiger partial charge is 0.397 e. The molecule has 0 amide bonds. The third-order valence-electron chi connectivity index (χ3n) is 8.60. The van der Waals surface area contributed by atoms with Gasteiger partial charge in [0.05, 0.1) is 0 Å². The molecule has 0 N–H and O–H groups in total. The van der Waals surface area contributed by atoms with E-state index in [1.165, 1.54) is 102 Å². The quantitative estimate of drug-likeness (QED) is 0.249. The van der Waals surface area contributed by atoms with E-state index in [2.05, 4.69) is 27.7 Å². The normalized spacial score (nSPS) is 20.1. The molecular weight excluding hydrogens is 468 g/mol. The van der Waals surface area contributed by atoms with Crippen LogP contribution in [0.5, 0.6) is 0 Å². The second kappa shape index (κ2) is 18.5. The van der Waals surface area contributed by atoms with Gasteiger partial charge in [0.1, 0.15) is 0 Å². The molecule has 0 aromatic rings. The van der Waals surface area contributed by atoms with Gasteiger partial charge in [0.15, 0.2) is 0 Å². The first-order valence-electron chi connectivity index (χ1n) is 15.0. The Morgan fingerprint density at radius 3 is 1.17 bits per heavy atom. The molecule has 2 saturated carbocycles. The van der Waals surface area contributed by atoms with E-state index in [1.807, 2.05) is 28.4 Å². The van der Waals surface area contributed by atoms with Crippen molar-refractivity contribution in [3.8, 4) is 0 Å². The molecule has 4 nitrogen and oxygen atoms in total.